The van der Waals surface area contributed by atoms with Crippen LogP contribution in [-0.4, -0.2) is 22.7 Å². The van der Waals surface area contributed by atoms with Crippen molar-refractivity contribution in [2.24, 2.45) is 0 Å². The minimum atomic E-state index is -0.342. The molecule has 8 heteroatoms. The Hall–Kier alpha value is -2.57. The van der Waals surface area contributed by atoms with Gasteiger partial charge in [0.05, 0.1) is 11.6 Å². The number of aryl methyl sites for hydroxylation is 1. The van der Waals surface area contributed by atoms with E-state index in [4.69, 9.17) is 32.5 Å². The number of carbonyl (C=O) groups is 1. The lowest BCUT2D eigenvalue weighted by atomic mass is 10.1. The maximum atomic E-state index is 11.9. The molecule has 0 radical (unpaired) electrons. The van der Waals surface area contributed by atoms with Crippen molar-refractivity contribution in [2.45, 2.75) is 13.5 Å². The number of amides is 1. The minimum Gasteiger partial charge on any atom is -0.482 e. The van der Waals surface area contributed by atoms with Crippen LogP contribution in [0.1, 0.15) is 11.5 Å². The number of rotatable bonds is 6. The second-order valence-corrected chi connectivity index (χ2v) is 6.36. The van der Waals surface area contributed by atoms with Gasteiger partial charge >= 0.3 is 0 Å². The summed E-state index contributed by atoms with van der Waals surface area (Å²) in [5.41, 5.74) is 1.99. The summed E-state index contributed by atoms with van der Waals surface area (Å²) in [6.45, 7) is 1.91. The Kier molecular flexibility index (Phi) is 5.75. The van der Waals surface area contributed by atoms with E-state index in [1.165, 1.54) is 0 Å². The van der Waals surface area contributed by atoms with Crippen molar-refractivity contribution in [3.8, 4) is 17.1 Å². The highest BCUT2D eigenvalue weighted by Gasteiger charge is 2.11. The molecule has 1 heterocycles. The van der Waals surface area contributed by atoms with Crippen molar-refractivity contribution in [1.82, 2.24) is 15.5 Å². The molecule has 1 amide bonds. The van der Waals surface area contributed by atoms with E-state index in [2.05, 4.69) is 15.5 Å². The van der Waals surface area contributed by atoms with E-state index >= 15 is 0 Å². The molecule has 6 nitrogen and oxygen atoms in total. The molecule has 0 saturated heterocycles. The molecular weight excluding hydrogens is 377 g/mol. The van der Waals surface area contributed by atoms with E-state index in [0.29, 0.717) is 27.5 Å². The van der Waals surface area contributed by atoms with Crippen molar-refractivity contribution in [2.75, 3.05) is 6.61 Å². The second kappa shape index (κ2) is 8.21. The lowest BCUT2D eigenvalue weighted by molar-refractivity contribution is -0.123. The van der Waals surface area contributed by atoms with Crippen LogP contribution in [0.4, 0.5) is 0 Å². The number of benzene rings is 2. The summed E-state index contributed by atoms with van der Waals surface area (Å²) in [5, 5.41) is 7.38. The molecule has 0 aliphatic heterocycles. The molecule has 26 heavy (non-hydrogen) atoms. The normalized spacial score (nSPS) is 10.6. The molecule has 2 aromatic carbocycles. The van der Waals surface area contributed by atoms with Gasteiger partial charge in [0.1, 0.15) is 5.75 Å². The topological polar surface area (TPSA) is 77.2 Å². The first kappa shape index (κ1) is 18.2. The first-order valence-corrected chi connectivity index (χ1v) is 8.51. The van der Waals surface area contributed by atoms with Crippen LogP contribution >= 0.6 is 23.2 Å². The zero-order chi connectivity index (χ0) is 18.5. The third-order valence-corrected chi connectivity index (χ3v) is 4.00. The van der Waals surface area contributed by atoms with E-state index in [0.717, 1.165) is 11.1 Å². The average molecular weight is 392 g/mol. The first-order valence-electron chi connectivity index (χ1n) is 7.75. The fourth-order valence-corrected chi connectivity index (χ4v) is 2.57. The summed E-state index contributed by atoms with van der Waals surface area (Å²) >= 11 is 11.8. The van der Waals surface area contributed by atoms with Crippen LogP contribution in [0.15, 0.2) is 47.0 Å². The molecule has 0 aliphatic carbocycles. The van der Waals surface area contributed by atoms with Crippen LogP contribution in [0.25, 0.3) is 11.4 Å². The van der Waals surface area contributed by atoms with Crippen LogP contribution in [-0.2, 0) is 11.3 Å². The average Bonchev–Trinajstić information content (AvgIpc) is 3.09. The quantitative estimate of drug-likeness (QED) is 0.685. The Morgan fingerprint density at radius 3 is 2.69 bits per heavy atom. The van der Waals surface area contributed by atoms with Gasteiger partial charge in [0.2, 0.25) is 11.7 Å². The van der Waals surface area contributed by atoms with Gasteiger partial charge in [-0.2, -0.15) is 4.98 Å². The Morgan fingerprint density at radius 2 is 1.96 bits per heavy atom. The maximum Gasteiger partial charge on any atom is 0.258 e. The molecule has 1 aromatic heterocycles. The fraction of sp³-hybridized carbons (Fsp3) is 0.167. The predicted octanol–water partition coefficient (Wildman–Crippen LogP) is 4.05. The summed E-state index contributed by atoms with van der Waals surface area (Å²) in [6.07, 6.45) is 0. The molecule has 0 saturated carbocycles. The third kappa shape index (κ3) is 4.74. The lowest BCUT2D eigenvalue weighted by Gasteiger charge is -2.07. The van der Waals surface area contributed by atoms with E-state index < -0.39 is 0 Å². The Bertz CT molecular complexity index is 910. The van der Waals surface area contributed by atoms with E-state index in [-0.39, 0.29) is 19.1 Å². The van der Waals surface area contributed by atoms with Crippen molar-refractivity contribution in [3.63, 3.8) is 0 Å². The molecule has 0 fully saturated rings. The number of halogens is 2. The molecule has 0 aliphatic rings. The number of aromatic nitrogens is 2. The van der Waals surface area contributed by atoms with Crippen LogP contribution in [0, 0.1) is 6.92 Å². The number of ether oxygens (including phenoxy) is 1. The SMILES string of the molecule is Cc1ccc(-c2noc(CNC(=O)COc3ccc(Cl)cc3Cl)n2)cc1. The molecule has 0 unspecified atom stereocenters. The summed E-state index contributed by atoms with van der Waals surface area (Å²) < 4.78 is 10.5. The zero-order valence-corrected chi connectivity index (χ0v) is 15.3. The number of carbonyl (C=O) groups excluding carboxylic acids is 1. The highest BCUT2D eigenvalue weighted by Crippen LogP contribution is 2.27. The van der Waals surface area contributed by atoms with E-state index in [1.54, 1.807) is 18.2 Å². The van der Waals surface area contributed by atoms with Gasteiger partial charge in [0, 0.05) is 10.6 Å². The van der Waals surface area contributed by atoms with Crippen LogP contribution in [0.2, 0.25) is 10.0 Å². The Balaban J connectivity index is 1.51. The summed E-state index contributed by atoms with van der Waals surface area (Å²) in [4.78, 5) is 16.1. The van der Waals surface area contributed by atoms with Crippen LogP contribution in [0.3, 0.4) is 0 Å². The van der Waals surface area contributed by atoms with Gasteiger partial charge in [0.25, 0.3) is 5.91 Å². The second-order valence-electron chi connectivity index (χ2n) is 5.52. The monoisotopic (exact) mass is 391 g/mol. The summed E-state index contributed by atoms with van der Waals surface area (Å²) in [5.74, 6) is 0.814. The molecule has 0 spiro atoms. The molecule has 3 aromatic rings. The molecule has 0 bridgehead atoms. The largest absolute Gasteiger partial charge is 0.482 e. The molecule has 3 rings (SSSR count). The Morgan fingerprint density at radius 1 is 1.19 bits per heavy atom. The van der Waals surface area contributed by atoms with Gasteiger partial charge in [-0.25, -0.2) is 0 Å². The fourth-order valence-electron chi connectivity index (χ4n) is 2.11. The smallest absolute Gasteiger partial charge is 0.258 e. The first-order chi connectivity index (χ1) is 12.5. The van der Waals surface area contributed by atoms with E-state index in [9.17, 15) is 4.79 Å². The van der Waals surface area contributed by atoms with Gasteiger partial charge in [-0.05, 0) is 25.1 Å². The zero-order valence-electron chi connectivity index (χ0n) is 13.8. The van der Waals surface area contributed by atoms with Gasteiger partial charge < -0.3 is 14.6 Å². The van der Waals surface area contributed by atoms with Gasteiger partial charge in [-0.1, -0.05) is 58.2 Å². The van der Waals surface area contributed by atoms with Crippen molar-refractivity contribution < 1.29 is 14.1 Å². The van der Waals surface area contributed by atoms with Gasteiger partial charge in [0.15, 0.2) is 6.61 Å². The maximum absolute atomic E-state index is 11.9. The summed E-state index contributed by atoms with van der Waals surface area (Å²) in [6, 6.07) is 12.5. The van der Waals surface area contributed by atoms with Crippen molar-refractivity contribution >= 4 is 29.1 Å². The van der Waals surface area contributed by atoms with Crippen LogP contribution < -0.4 is 10.1 Å². The van der Waals surface area contributed by atoms with E-state index in [1.807, 2.05) is 31.2 Å². The van der Waals surface area contributed by atoms with Crippen molar-refractivity contribution in [1.29, 1.82) is 0 Å². The van der Waals surface area contributed by atoms with Gasteiger partial charge in [-0.15, -0.1) is 0 Å². The number of hydrogen-bond acceptors (Lipinski definition) is 5. The molecular formula is C18H15Cl2N3O3. The highest BCUT2D eigenvalue weighted by molar-refractivity contribution is 6.35. The third-order valence-electron chi connectivity index (χ3n) is 3.47. The molecule has 134 valence electrons. The van der Waals surface area contributed by atoms with Crippen LogP contribution in [0.5, 0.6) is 5.75 Å². The lowest BCUT2D eigenvalue weighted by Crippen LogP contribution is -2.28. The standard InChI is InChI=1S/C18H15Cl2N3O3/c1-11-2-4-12(5-3-11)18-22-17(26-23-18)9-21-16(24)10-25-15-7-6-13(19)8-14(15)20/h2-8H,9-10H2,1H3,(H,21,24). The molecule has 0 atom stereocenters. The number of hydrogen-bond donors (Lipinski definition) is 1. The minimum absolute atomic E-state index is 0.107. The number of nitrogens with one attached hydrogen (secondary N) is 1. The molecule has 1 N–H and O–H groups in total. The van der Waals surface area contributed by atoms with Crippen molar-refractivity contribution in [3.05, 3.63) is 64.0 Å². The van der Waals surface area contributed by atoms with Gasteiger partial charge in [-0.3, -0.25) is 4.79 Å². The number of nitrogens with zero attached hydrogens (tertiary/aromatic N) is 2. The Labute approximate surface area is 160 Å². The summed E-state index contributed by atoms with van der Waals surface area (Å²) in [7, 11) is 0. The highest BCUT2D eigenvalue weighted by atomic mass is 35.5. The predicted molar refractivity (Wildman–Crippen MR) is 98.3 cm³/mol.